The van der Waals surface area contributed by atoms with Gasteiger partial charge in [-0.25, -0.2) is 0 Å². The molecule has 1 N–H and O–H groups in total. The summed E-state index contributed by atoms with van der Waals surface area (Å²) in [5.41, 5.74) is 4.05. The normalized spacial score (nSPS) is 18.8. The van der Waals surface area contributed by atoms with Crippen molar-refractivity contribution in [2.24, 2.45) is 0 Å². The second-order valence-corrected chi connectivity index (χ2v) is 7.97. The number of halogens is 1. The van der Waals surface area contributed by atoms with Crippen molar-refractivity contribution < 1.29 is 4.79 Å². The van der Waals surface area contributed by atoms with Gasteiger partial charge in [-0.3, -0.25) is 9.69 Å². The number of nitrogens with zero attached hydrogens (tertiary/aromatic N) is 1. The van der Waals surface area contributed by atoms with Crippen molar-refractivity contribution in [3.63, 3.8) is 0 Å². The van der Waals surface area contributed by atoms with Gasteiger partial charge in [-0.05, 0) is 63.7 Å². The van der Waals surface area contributed by atoms with Gasteiger partial charge in [-0.15, -0.1) is 12.4 Å². The minimum atomic E-state index is 0. The van der Waals surface area contributed by atoms with Crippen molar-refractivity contribution >= 4 is 18.3 Å². The molecule has 0 aliphatic heterocycles. The van der Waals surface area contributed by atoms with Crippen molar-refractivity contribution in [2.45, 2.75) is 44.1 Å². The fourth-order valence-corrected chi connectivity index (χ4v) is 4.26. The van der Waals surface area contributed by atoms with Gasteiger partial charge >= 0.3 is 0 Å². The number of carbonyl (C=O) groups excluding carboxylic acids is 1. The second kappa shape index (κ2) is 11.2. The fraction of sp³-hybridized carbons (Fsp3) is 0.400. The largest absolute Gasteiger partial charge is 0.353 e. The van der Waals surface area contributed by atoms with Crippen LogP contribution in [0.3, 0.4) is 0 Å². The third kappa shape index (κ3) is 6.19. The highest BCUT2D eigenvalue weighted by atomic mass is 35.5. The average Bonchev–Trinajstić information content (AvgIpc) is 2.73. The van der Waals surface area contributed by atoms with Gasteiger partial charge in [0.05, 0.1) is 0 Å². The maximum atomic E-state index is 12.3. The van der Waals surface area contributed by atoms with E-state index in [-0.39, 0.29) is 23.9 Å². The molecule has 29 heavy (non-hydrogen) atoms. The molecule has 0 atom stereocenters. The monoisotopic (exact) mass is 412 g/mol. The molecule has 1 aliphatic rings. The molecule has 1 fully saturated rings. The number of hydrogen-bond acceptors (Lipinski definition) is 2. The van der Waals surface area contributed by atoms with Crippen molar-refractivity contribution in [1.29, 1.82) is 0 Å². The fourth-order valence-electron chi connectivity index (χ4n) is 4.26. The van der Waals surface area contributed by atoms with E-state index in [1.165, 1.54) is 16.7 Å². The zero-order valence-electron chi connectivity index (χ0n) is 17.6. The first-order valence-electron chi connectivity index (χ1n) is 10.3. The molecule has 4 heteroatoms. The summed E-state index contributed by atoms with van der Waals surface area (Å²) in [4.78, 5) is 14.6. The molecule has 0 spiro atoms. The Morgan fingerprint density at radius 3 is 2.17 bits per heavy atom. The van der Waals surface area contributed by atoms with Gasteiger partial charge in [-0.2, -0.15) is 0 Å². The van der Waals surface area contributed by atoms with Crippen LogP contribution in [0.15, 0.2) is 72.3 Å². The molecule has 0 bridgehead atoms. The molecule has 1 saturated carbocycles. The predicted octanol–water partition coefficient (Wildman–Crippen LogP) is 5.11. The van der Waals surface area contributed by atoms with Crippen molar-refractivity contribution in [3.05, 3.63) is 83.4 Å². The molecule has 0 aromatic heterocycles. The molecule has 0 unspecified atom stereocenters. The van der Waals surface area contributed by atoms with Crippen LogP contribution in [-0.2, 0) is 16.8 Å². The SMILES string of the molecule is CN(C)C1(c2ccccc2)CCC(=CC(=O)NCCCc2ccccc2)CC1.Cl. The summed E-state index contributed by atoms with van der Waals surface area (Å²) in [7, 11) is 4.34. The number of hydrogen-bond donors (Lipinski definition) is 1. The Hall–Kier alpha value is -2.10. The first-order valence-corrected chi connectivity index (χ1v) is 10.3. The van der Waals surface area contributed by atoms with Crippen LogP contribution in [0.2, 0.25) is 0 Å². The molecule has 0 radical (unpaired) electrons. The second-order valence-electron chi connectivity index (χ2n) is 7.97. The third-order valence-corrected chi connectivity index (χ3v) is 6.01. The summed E-state index contributed by atoms with van der Waals surface area (Å²) in [5.74, 6) is 0.0557. The van der Waals surface area contributed by atoms with Crippen LogP contribution in [0, 0.1) is 0 Å². The minimum Gasteiger partial charge on any atom is -0.353 e. The summed E-state index contributed by atoms with van der Waals surface area (Å²) < 4.78 is 0. The molecule has 1 amide bonds. The Labute approximate surface area is 181 Å². The van der Waals surface area contributed by atoms with E-state index >= 15 is 0 Å². The van der Waals surface area contributed by atoms with E-state index in [9.17, 15) is 4.79 Å². The maximum absolute atomic E-state index is 12.3. The first kappa shape index (κ1) is 23.2. The van der Waals surface area contributed by atoms with Gasteiger partial charge < -0.3 is 5.32 Å². The highest BCUT2D eigenvalue weighted by Crippen LogP contribution is 2.42. The quantitative estimate of drug-likeness (QED) is 0.506. The molecular formula is C25H33ClN2O. The highest BCUT2D eigenvalue weighted by Gasteiger charge is 2.37. The molecule has 3 rings (SSSR count). The first-order chi connectivity index (χ1) is 13.6. The maximum Gasteiger partial charge on any atom is 0.243 e. The van der Waals surface area contributed by atoms with Crippen LogP contribution in [-0.4, -0.2) is 31.4 Å². The smallest absolute Gasteiger partial charge is 0.243 e. The Morgan fingerprint density at radius 1 is 1.00 bits per heavy atom. The Bertz CT molecular complexity index is 777. The van der Waals surface area contributed by atoms with Crippen LogP contribution in [0.5, 0.6) is 0 Å². The van der Waals surface area contributed by atoms with Gasteiger partial charge in [0, 0.05) is 18.2 Å². The van der Waals surface area contributed by atoms with Gasteiger partial charge in [0.15, 0.2) is 0 Å². The van der Waals surface area contributed by atoms with Crippen molar-refractivity contribution in [3.8, 4) is 0 Å². The van der Waals surface area contributed by atoms with Gasteiger partial charge in [-0.1, -0.05) is 66.2 Å². The Balaban J connectivity index is 0.00000300. The zero-order valence-corrected chi connectivity index (χ0v) is 18.4. The third-order valence-electron chi connectivity index (χ3n) is 6.01. The van der Waals surface area contributed by atoms with Crippen LogP contribution >= 0.6 is 12.4 Å². The van der Waals surface area contributed by atoms with Gasteiger partial charge in [0.2, 0.25) is 5.91 Å². The van der Waals surface area contributed by atoms with Crippen molar-refractivity contribution in [2.75, 3.05) is 20.6 Å². The number of benzene rings is 2. The van der Waals surface area contributed by atoms with E-state index in [1.54, 1.807) is 0 Å². The van der Waals surface area contributed by atoms with Gasteiger partial charge in [0.1, 0.15) is 0 Å². The molecule has 2 aromatic rings. The molecule has 3 nitrogen and oxygen atoms in total. The molecule has 0 heterocycles. The lowest BCUT2D eigenvalue weighted by atomic mass is 9.74. The number of rotatable bonds is 7. The predicted molar refractivity (Wildman–Crippen MR) is 123 cm³/mol. The summed E-state index contributed by atoms with van der Waals surface area (Å²) in [6.45, 7) is 0.725. The molecule has 0 saturated heterocycles. The van der Waals surface area contributed by atoms with Crippen LogP contribution in [0.25, 0.3) is 0 Å². The summed E-state index contributed by atoms with van der Waals surface area (Å²) in [6, 6.07) is 21.2. The van der Waals surface area contributed by atoms with Gasteiger partial charge in [0.25, 0.3) is 0 Å². The number of aryl methyl sites for hydroxylation is 1. The Morgan fingerprint density at radius 2 is 1.59 bits per heavy atom. The summed E-state index contributed by atoms with van der Waals surface area (Å²) in [5, 5.41) is 3.05. The van der Waals surface area contributed by atoms with E-state index in [0.717, 1.165) is 45.1 Å². The lowest BCUT2D eigenvalue weighted by Gasteiger charge is -2.44. The van der Waals surface area contributed by atoms with E-state index < -0.39 is 0 Å². The molecular weight excluding hydrogens is 380 g/mol. The van der Waals surface area contributed by atoms with Crippen molar-refractivity contribution in [1.82, 2.24) is 10.2 Å². The lowest BCUT2D eigenvalue weighted by Crippen LogP contribution is -2.43. The minimum absolute atomic E-state index is 0. The topological polar surface area (TPSA) is 32.3 Å². The zero-order chi connectivity index (χ0) is 19.8. The van der Waals surface area contributed by atoms with Crippen LogP contribution in [0.1, 0.15) is 43.2 Å². The van der Waals surface area contributed by atoms with E-state index in [0.29, 0.717) is 0 Å². The van der Waals surface area contributed by atoms with E-state index in [2.05, 4.69) is 78.9 Å². The average molecular weight is 413 g/mol. The van der Waals surface area contributed by atoms with Crippen LogP contribution in [0.4, 0.5) is 0 Å². The molecule has 156 valence electrons. The van der Waals surface area contributed by atoms with E-state index in [1.807, 2.05) is 12.1 Å². The van der Waals surface area contributed by atoms with E-state index in [4.69, 9.17) is 0 Å². The highest BCUT2D eigenvalue weighted by molar-refractivity contribution is 5.88. The number of carbonyl (C=O) groups is 1. The number of nitrogens with one attached hydrogen (secondary N) is 1. The summed E-state index contributed by atoms with van der Waals surface area (Å²) in [6.07, 6.45) is 7.87. The van der Waals surface area contributed by atoms with Crippen LogP contribution < -0.4 is 5.32 Å². The standard InChI is InChI=1S/C25H32N2O.ClH/c1-27(2)25(23-13-7-4-8-14-23)17-15-22(16-18-25)20-24(28)26-19-9-12-21-10-5-3-6-11-21;/h3-8,10-11,13-14,20H,9,12,15-19H2,1-2H3,(H,26,28);1H. The molecule has 2 aromatic carbocycles. The Kier molecular flexibility index (Phi) is 8.94. The number of allylic oxidation sites excluding steroid dienone is 1. The molecule has 1 aliphatic carbocycles. The summed E-state index contributed by atoms with van der Waals surface area (Å²) >= 11 is 0. The number of amides is 1. The lowest BCUT2D eigenvalue weighted by molar-refractivity contribution is -0.116.